The standard InChI is InChI=1S/C13H17N5O2S/c1-9-7-11(19-8-10-15-13(21)20-17-10)16-12(14-9)18-5-3-2-4-6-18/h7H,2-6,8H2,1H3,(H,15,17,21). The van der Waals surface area contributed by atoms with Crippen LogP contribution < -0.4 is 9.64 Å². The summed E-state index contributed by atoms with van der Waals surface area (Å²) in [6.45, 7) is 4.17. The number of nitrogens with one attached hydrogen (secondary N) is 1. The molecule has 0 atom stereocenters. The zero-order chi connectivity index (χ0) is 14.7. The number of anilines is 1. The number of rotatable bonds is 4. The molecule has 3 rings (SSSR count). The van der Waals surface area contributed by atoms with Crippen LogP contribution in [0.3, 0.4) is 0 Å². The fourth-order valence-corrected chi connectivity index (χ4v) is 2.45. The molecule has 0 bridgehead atoms. The molecule has 1 aliphatic rings. The van der Waals surface area contributed by atoms with E-state index < -0.39 is 0 Å². The van der Waals surface area contributed by atoms with E-state index in [1.165, 1.54) is 19.3 Å². The van der Waals surface area contributed by atoms with E-state index in [9.17, 15) is 0 Å². The molecule has 2 aromatic rings. The number of aryl methyl sites for hydroxylation is 1. The van der Waals surface area contributed by atoms with Crippen LogP contribution in [0.1, 0.15) is 30.8 Å². The number of ether oxygens (including phenoxy) is 1. The molecule has 2 aromatic heterocycles. The molecule has 1 aliphatic heterocycles. The average molecular weight is 307 g/mol. The van der Waals surface area contributed by atoms with Crippen LogP contribution in [0.25, 0.3) is 0 Å². The monoisotopic (exact) mass is 307 g/mol. The number of piperidine rings is 1. The molecule has 1 fully saturated rings. The second-order valence-corrected chi connectivity index (χ2v) is 5.36. The predicted molar refractivity (Wildman–Crippen MR) is 78.9 cm³/mol. The Labute approximate surface area is 127 Å². The van der Waals surface area contributed by atoms with Crippen molar-refractivity contribution in [2.75, 3.05) is 18.0 Å². The van der Waals surface area contributed by atoms with Crippen LogP contribution in [0.5, 0.6) is 5.88 Å². The highest BCUT2D eigenvalue weighted by molar-refractivity contribution is 7.71. The molecular formula is C13H17N5O2S. The number of hydrogen-bond donors (Lipinski definition) is 1. The number of nitrogens with zero attached hydrogens (tertiary/aromatic N) is 4. The van der Waals surface area contributed by atoms with Gasteiger partial charge in [0.1, 0.15) is 0 Å². The first-order valence-corrected chi connectivity index (χ1v) is 7.39. The van der Waals surface area contributed by atoms with Crippen molar-refractivity contribution in [1.82, 2.24) is 20.1 Å². The molecule has 0 amide bonds. The summed E-state index contributed by atoms with van der Waals surface area (Å²) in [5.74, 6) is 1.80. The molecule has 0 radical (unpaired) electrons. The first kappa shape index (κ1) is 14.0. The summed E-state index contributed by atoms with van der Waals surface area (Å²) in [7, 11) is 0. The summed E-state index contributed by atoms with van der Waals surface area (Å²) in [5.41, 5.74) is 0.883. The Morgan fingerprint density at radius 1 is 1.29 bits per heavy atom. The first-order chi connectivity index (χ1) is 10.2. The Bertz CT molecular complexity index is 663. The van der Waals surface area contributed by atoms with Crippen LogP contribution in [-0.2, 0) is 6.61 Å². The number of hydrogen-bond acceptors (Lipinski definition) is 7. The Balaban J connectivity index is 1.72. The lowest BCUT2D eigenvalue weighted by atomic mass is 10.1. The van der Waals surface area contributed by atoms with E-state index >= 15 is 0 Å². The third kappa shape index (κ3) is 3.57. The van der Waals surface area contributed by atoms with E-state index in [0.717, 1.165) is 24.7 Å². The third-order valence-corrected chi connectivity index (χ3v) is 3.47. The maximum atomic E-state index is 5.64. The third-order valence-electron chi connectivity index (χ3n) is 3.30. The van der Waals surface area contributed by atoms with E-state index in [1.807, 2.05) is 13.0 Å². The molecule has 0 saturated carbocycles. The van der Waals surface area contributed by atoms with Gasteiger partial charge in [0.15, 0.2) is 12.4 Å². The van der Waals surface area contributed by atoms with Gasteiger partial charge < -0.3 is 14.2 Å². The van der Waals surface area contributed by atoms with Crippen LogP contribution in [0.15, 0.2) is 10.6 Å². The summed E-state index contributed by atoms with van der Waals surface area (Å²) in [5, 5.41) is 2.60. The van der Waals surface area contributed by atoms with Gasteiger partial charge in [-0.05, 0) is 38.4 Å². The lowest BCUT2D eigenvalue weighted by Gasteiger charge is -2.26. The zero-order valence-electron chi connectivity index (χ0n) is 11.8. The van der Waals surface area contributed by atoms with Crippen LogP contribution >= 0.6 is 12.2 Å². The topological polar surface area (TPSA) is 80.1 Å². The Kier molecular flexibility index (Phi) is 4.14. The van der Waals surface area contributed by atoms with E-state index in [2.05, 4.69) is 25.0 Å². The van der Waals surface area contributed by atoms with Crippen molar-refractivity contribution < 1.29 is 9.26 Å². The summed E-state index contributed by atoms with van der Waals surface area (Å²) < 4.78 is 10.5. The molecule has 1 N–H and O–H groups in total. The maximum Gasteiger partial charge on any atom is 0.314 e. The van der Waals surface area contributed by atoms with Crippen LogP contribution in [-0.4, -0.2) is 33.2 Å². The van der Waals surface area contributed by atoms with Gasteiger partial charge in [0.25, 0.3) is 0 Å². The number of aromatic amines is 1. The van der Waals surface area contributed by atoms with Crippen molar-refractivity contribution in [1.29, 1.82) is 0 Å². The van der Waals surface area contributed by atoms with E-state index in [1.54, 1.807) is 0 Å². The highest BCUT2D eigenvalue weighted by Gasteiger charge is 2.15. The van der Waals surface area contributed by atoms with Gasteiger partial charge in [0, 0.05) is 24.8 Å². The summed E-state index contributed by atoms with van der Waals surface area (Å²) >= 11 is 4.79. The molecule has 8 heteroatoms. The molecule has 21 heavy (non-hydrogen) atoms. The Morgan fingerprint density at radius 3 is 2.81 bits per heavy atom. The molecular weight excluding hydrogens is 290 g/mol. The van der Waals surface area contributed by atoms with E-state index in [-0.39, 0.29) is 11.4 Å². The van der Waals surface area contributed by atoms with Gasteiger partial charge >= 0.3 is 4.84 Å². The van der Waals surface area contributed by atoms with Gasteiger partial charge in [-0.15, -0.1) is 0 Å². The second kappa shape index (κ2) is 6.21. The molecule has 0 unspecified atom stereocenters. The maximum absolute atomic E-state index is 5.64. The lowest BCUT2D eigenvalue weighted by molar-refractivity contribution is 0.275. The molecule has 7 nitrogen and oxygen atoms in total. The van der Waals surface area contributed by atoms with Crippen molar-refractivity contribution in [3.63, 3.8) is 0 Å². The quantitative estimate of drug-likeness (QED) is 0.869. The van der Waals surface area contributed by atoms with Crippen LogP contribution in [0, 0.1) is 11.8 Å². The molecule has 112 valence electrons. The predicted octanol–water partition coefficient (Wildman–Crippen LogP) is 2.40. The highest BCUT2D eigenvalue weighted by Crippen LogP contribution is 2.19. The first-order valence-electron chi connectivity index (χ1n) is 6.98. The average Bonchev–Trinajstić information content (AvgIpc) is 2.91. The second-order valence-electron chi connectivity index (χ2n) is 5.01. The van der Waals surface area contributed by atoms with Gasteiger partial charge in [-0.1, -0.05) is 0 Å². The van der Waals surface area contributed by atoms with Crippen molar-refractivity contribution in [2.45, 2.75) is 32.8 Å². The van der Waals surface area contributed by atoms with Crippen molar-refractivity contribution >= 4 is 18.2 Å². The molecule has 0 aliphatic carbocycles. The van der Waals surface area contributed by atoms with E-state index in [4.69, 9.17) is 21.5 Å². The van der Waals surface area contributed by atoms with Gasteiger partial charge in [0.05, 0.1) is 0 Å². The Morgan fingerprint density at radius 2 is 2.10 bits per heavy atom. The summed E-state index contributed by atoms with van der Waals surface area (Å²) in [6, 6.07) is 1.81. The molecule has 0 spiro atoms. The van der Waals surface area contributed by atoms with Crippen LogP contribution in [0.2, 0.25) is 0 Å². The van der Waals surface area contributed by atoms with Crippen molar-refractivity contribution in [2.24, 2.45) is 0 Å². The molecule has 0 aromatic carbocycles. The highest BCUT2D eigenvalue weighted by atomic mass is 32.1. The largest absolute Gasteiger partial charge is 0.469 e. The number of H-pyrrole nitrogens is 1. The SMILES string of the molecule is Cc1cc(OCc2nc(=S)o[nH]2)nc(N2CCCCC2)n1. The summed E-state index contributed by atoms with van der Waals surface area (Å²) in [4.78, 5) is 15.3. The van der Waals surface area contributed by atoms with E-state index in [0.29, 0.717) is 11.7 Å². The van der Waals surface area contributed by atoms with Gasteiger partial charge in [0.2, 0.25) is 11.8 Å². The smallest absolute Gasteiger partial charge is 0.314 e. The molecule has 1 saturated heterocycles. The van der Waals surface area contributed by atoms with Gasteiger partial charge in [-0.3, -0.25) is 0 Å². The number of aromatic nitrogens is 4. The Hall–Kier alpha value is -1.96. The normalized spacial score (nSPS) is 15.2. The van der Waals surface area contributed by atoms with Gasteiger partial charge in [-0.25, -0.2) is 10.1 Å². The fourth-order valence-electron chi connectivity index (χ4n) is 2.30. The van der Waals surface area contributed by atoms with Gasteiger partial charge in [-0.2, -0.15) is 9.97 Å². The van der Waals surface area contributed by atoms with Crippen LogP contribution in [0.4, 0.5) is 5.95 Å². The zero-order valence-corrected chi connectivity index (χ0v) is 12.7. The lowest BCUT2D eigenvalue weighted by Crippen LogP contribution is -2.31. The minimum atomic E-state index is 0.168. The van der Waals surface area contributed by atoms with Crippen molar-refractivity contribution in [3.8, 4) is 5.88 Å². The summed E-state index contributed by atoms with van der Waals surface area (Å²) in [6.07, 6.45) is 3.64. The fraction of sp³-hybridized carbons (Fsp3) is 0.538. The minimum absolute atomic E-state index is 0.168. The van der Waals surface area contributed by atoms with Crippen molar-refractivity contribution in [3.05, 3.63) is 22.4 Å². The minimum Gasteiger partial charge on any atom is -0.469 e. The molecule has 3 heterocycles.